The number of nitrogens with zero attached hydrogens (tertiary/aromatic N) is 1. The zero-order valence-corrected chi connectivity index (χ0v) is 9.28. The van der Waals surface area contributed by atoms with Gasteiger partial charge in [-0.3, -0.25) is 0 Å². The number of nitrogens with one attached hydrogen (secondary N) is 1. The second-order valence-corrected chi connectivity index (χ2v) is 4.43. The number of fused-ring (bicyclic) bond motifs is 1. The topological polar surface area (TPSA) is 38.1 Å². The minimum absolute atomic E-state index is 0.543. The first kappa shape index (κ1) is 9.85. The molecule has 84 valence electrons. The molecule has 1 aliphatic rings. The summed E-state index contributed by atoms with van der Waals surface area (Å²) in [5, 5.41) is 3.51. The molecule has 1 unspecified atom stereocenters. The highest BCUT2D eigenvalue weighted by molar-refractivity contribution is 5.72. The van der Waals surface area contributed by atoms with Crippen molar-refractivity contribution < 1.29 is 4.42 Å². The molecule has 16 heavy (non-hydrogen) atoms. The molecule has 1 saturated heterocycles. The van der Waals surface area contributed by atoms with Crippen LogP contribution in [0.3, 0.4) is 0 Å². The van der Waals surface area contributed by atoms with Gasteiger partial charge in [0, 0.05) is 12.5 Å². The average Bonchev–Trinajstić information content (AvgIpc) is 2.72. The third-order valence-corrected chi connectivity index (χ3v) is 3.17. The highest BCUT2D eigenvalue weighted by Crippen LogP contribution is 2.18. The van der Waals surface area contributed by atoms with Crippen LogP contribution < -0.4 is 5.32 Å². The van der Waals surface area contributed by atoms with E-state index in [4.69, 9.17) is 4.42 Å². The first-order valence-corrected chi connectivity index (χ1v) is 6.00. The fraction of sp³-hybridized carbons (Fsp3) is 0.462. The second-order valence-electron chi connectivity index (χ2n) is 4.43. The first-order chi connectivity index (χ1) is 7.92. The molecule has 3 heteroatoms. The van der Waals surface area contributed by atoms with Crippen molar-refractivity contribution in [1.29, 1.82) is 0 Å². The van der Waals surface area contributed by atoms with Gasteiger partial charge in [0.25, 0.3) is 0 Å². The first-order valence-electron chi connectivity index (χ1n) is 6.00. The Balaban J connectivity index is 1.78. The Bertz CT molecular complexity index is 438. The summed E-state index contributed by atoms with van der Waals surface area (Å²) in [5.41, 5.74) is 1.86. The Labute approximate surface area is 94.9 Å². The summed E-state index contributed by atoms with van der Waals surface area (Å²) in [7, 11) is 0. The summed E-state index contributed by atoms with van der Waals surface area (Å²) < 4.78 is 5.72. The molecule has 3 nitrogen and oxygen atoms in total. The Morgan fingerprint density at radius 3 is 3.06 bits per heavy atom. The van der Waals surface area contributed by atoms with E-state index < -0.39 is 0 Å². The Morgan fingerprint density at radius 1 is 1.31 bits per heavy atom. The third-order valence-electron chi connectivity index (χ3n) is 3.17. The van der Waals surface area contributed by atoms with Gasteiger partial charge in [0.1, 0.15) is 5.52 Å². The fourth-order valence-electron chi connectivity index (χ4n) is 2.32. The quantitative estimate of drug-likeness (QED) is 0.838. The van der Waals surface area contributed by atoms with E-state index in [9.17, 15) is 0 Å². The van der Waals surface area contributed by atoms with Gasteiger partial charge in [0.15, 0.2) is 11.5 Å². The van der Waals surface area contributed by atoms with Crippen LogP contribution in [0.4, 0.5) is 0 Å². The number of para-hydroxylation sites is 2. The standard InChI is InChI=1S/C13H16N2O/c1-2-7-12-11(6-1)15-13(16-12)9-10-5-3-4-8-14-10/h1-2,6-7,10,14H,3-5,8-9H2. The predicted molar refractivity (Wildman–Crippen MR) is 63.4 cm³/mol. The SMILES string of the molecule is c1ccc2oc(CC3CCCCN3)nc2c1. The smallest absolute Gasteiger partial charge is 0.197 e. The fourth-order valence-corrected chi connectivity index (χ4v) is 2.32. The molecule has 1 atom stereocenters. The molecule has 1 aliphatic heterocycles. The number of aromatic nitrogens is 1. The number of benzene rings is 1. The summed E-state index contributed by atoms with van der Waals surface area (Å²) in [4.78, 5) is 4.50. The molecular formula is C13H16N2O. The lowest BCUT2D eigenvalue weighted by Gasteiger charge is -2.21. The lowest BCUT2D eigenvalue weighted by molar-refractivity contribution is 0.372. The molecule has 0 saturated carbocycles. The summed E-state index contributed by atoms with van der Waals surface area (Å²) in [6.45, 7) is 1.13. The molecule has 1 aromatic heterocycles. The average molecular weight is 216 g/mol. The minimum Gasteiger partial charge on any atom is -0.441 e. The van der Waals surface area contributed by atoms with Gasteiger partial charge in [-0.05, 0) is 31.5 Å². The van der Waals surface area contributed by atoms with Crippen LogP contribution in [0.1, 0.15) is 25.2 Å². The molecule has 1 N–H and O–H groups in total. The summed E-state index contributed by atoms with van der Waals surface area (Å²) in [5.74, 6) is 0.862. The Kier molecular flexibility index (Phi) is 2.62. The van der Waals surface area contributed by atoms with Crippen molar-refractivity contribution >= 4 is 11.1 Å². The second kappa shape index (κ2) is 4.26. The number of hydrogen-bond acceptors (Lipinski definition) is 3. The largest absolute Gasteiger partial charge is 0.441 e. The van der Waals surface area contributed by atoms with Gasteiger partial charge in [0.2, 0.25) is 0 Å². The van der Waals surface area contributed by atoms with Gasteiger partial charge < -0.3 is 9.73 Å². The van der Waals surface area contributed by atoms with E-state index in [1.165, 1.54) is 19.3 Å². The highest BCUT2D eigenvalue weighted by atomic mass is 16.3. The molecule has 0 spiro atoms. The zero-order chi connectivity index (χ0) is 10.8. The molecule has 1 fully saturated rings. The normalized spacial score (nSPS) is 21.4. The van der Waals surface area contributed by atoms with Crippen molar-refractivity contribution in [3.05, 3.63) is 30.2 Å². The van der Waals surface area contributed by atoms with Crippen LogP contribution in [0, 0.1) is 0 Å². The van der Waals surface area contributed by atoms with Crippen molar-refractivity contribution in [2.24, 2.45) is 0 Å². The number of hydrogen-bond donors (Lipinski definition) is 1. The van der Waals surface area contributed by atoms with Crippen LogP contribution in [-0.4, -0.2) is 17.6 Å². The van der Waals surface area contributed by atoms with E-state index in [-0.39, 0.29) is 0 Å². The van der Waals surface area contributed by atoms with Gasteiger partial charge in [-0.15, -0.1) is 0 Å². The van der Waals surface area contributed by atoms with Gasteiger partial charge in [0.05, 0.1) is 0 Å². The van der Waals surface area contributed by atoms with Gasteiger partial charge in [-0.25, -0.2) is 4.98 Å². The molecule has 2 aromatic rings. The lowest BCUT2D eigenvalue weighted by Crippen LogP contribution is -2.35. The molecule has 0 amide bonds. The third kappa shape index (κ3) is 1.95. The van der Waals surface area contributed by atoms with Crippen LogP contribution in [0.25, 0.3) is 11.1 Å². The maximum Gasteiger partial charge on any atom is 0.197 e. The van der Waals surface area contributed by atoms with Crippen molar-refractivity contribution in [3.63, 3.8) is 0 Å². The molecular weight excluding hydrogens is 200 g/mol. The van der Waals surface area contributed by atoms with E-state index >= 15 is 0 Å². The number of rotatable bonds is 2. The van der Waals surface area contributed by atoms with E-state index in [1.807, 2.05) is 24.3 Å². The summed E-state index contributed by atoms with van der Waals surface area (Å²) in [6, 6.07) is 8.49. The van der Waals surface area contributed by atoms with Gasteiger partial charge in [-0.1, -0.05) is 18.6 Å². The Hall–Kier alpha value is -1.35. The van der Waals surface area contributed by atoms with E-state index in [1.54, 1.807) is 0 Å². The zero-order valence-electron chi connectivity index (χ0n) is 9.28. The lowest BCUT2D eigenvalue weighted by atomic mass is 10.0. The van der Waals surface area contributed by atoms with E-state index in [0.29, 0.717) is 6.04 Å². The molecule has 1 aromatic carbocycles. The van der Waals surface area contributed by atoms with Crippen molar-refractivity contribution in [1.82, 2.24) is 10.3 Å². The van der Waals surface area contributed by atoms with Gasteiger partial charge >= 0.3 is 0 Å². The number of piperidine rings is 1. The van der Waals surface area contributed by atoms with Crippen LogP contribution in [0.2, 0.25) is 0 Å². The molecule has 2 heterocycles. The highest BCUT2D eigenvalue weighted by Gasteiger charge is 2.16. The van der Waals surface area contributed by atoms with Crippen molar-refractivity contribution in [3.8, 4) is 0 Å². The maximum absolute atomic E-state index is 5.72. The van der Waals surface area contributed by atoms with Crippen molar-refractivity contribution in [2.45, 2.75) is 31.7 Å². The van der Waals surface area contributed by atoms with Crippen LogP contribution >= 0.6 is 0 Å². The molecule has 0 bridgehead atoms. The van der Waals surface area contributed by atoms with Gasteiger partial charge in [-0.2, -0.15) is 0 Å². The molecule has 0 aliphatic carbocycles. The van der Waals surface area contributed by atoms with E-state index in [0.717, 1.165) is 30.0 Å². The summed E-state index contributed by atoms with van der Waals surface area (Å²) in [6.07, 6.45) is 4.76. The predicted octanol–water partition coefficient (Wildman–Crippen LogP) is 2.51. The molecule has 3 rings (SSSR count). The monoisotopic (exact) mass is 216 g/mol. The van der Waals surface area contributed by atoms with Crippen LogP contribution in [0.5, 0.6) is 0 Å². The Morgan fingerprint density at radius 2 is 2.25 bits per heavy atom. The maximum atomic E-state index is 5.72. The number of oxazole rings is 1. The van der Waals surface area contributed by atoms with Crippen LogP contribution in [0.15, 0.2) is 28.7 Å². The van der Waals surface area contributed by atoms with Crippen molar-refractivity contribution in [2.75, 3.05) is 6.54 Å². The minimum atomic E-state index is 0.543. The van der Waals surface area contributed by atoms with E-state index in [2.05, 4.69) is 10.3 Å². The molecule has 0 radical (unpaired) electrons. The summed E-state index contributed by atoms with van der Waals surface area (Å²) >= 11 is 0. The van der Waals surface area contributed by atoms with Crippen LogP contribution in [-0.2, 0) is 6.42 Å².